The van der Waals surface area contributed by atoms with Crippen LogP contribution in [-0.4, -0.2) is 18.4 Å². The summed E-state index contributed by atoms with van der Waals surface area (Å²) in [7, 11) is 0. The van der Waals surface area contributed by atoms with Gasteiger partial charge in [0.05, 0.1) is 6.26 Å². The second-order valence-corrected chi connectivity index (χ2v) is 6.13. The minimum absolute atomic E-state index is 0.0680. The molecule has 0 unspecified atom stereocenters. The van der Waals surface area contributed by atoms with E-state index in [-0.39, 0.29) is 19.0 Å². The maximum absolute atomic E-state index is 12.3. The first-order valence-electron chi connectivity index (χ1n) is 9.21. The molecule has 0 bridgehead atoms. The summed E-state index contributed by atoms with van der Waals surface area (Å²) in [5.41, 5.74) is 6.20. The second-order valence-electron chi connectivity index (χ2n) is 6.13. The van der Waals surface area contributed by atoms with E-state index in [1.54, 1.807) is 12.1 Å². The third kappa shape index (κ3) is 5.62. The lowest BCUT2D eigenvalue weighted by molar-refractivity contribution is -0.123. The van der Waals surface area contributed by atoms with Crippen molar-refractivity contribution in [3.8, 4) is 11.5 Å². The minimum atomic E-state index is -0.580. The van der Waals surface area contributed by atoms with Crippen LogP contribution in [0.1, 0.15) is 28.6 Å². The van der Waals surface area contributed by atoms with Crippen molar-refractivity contribution in [1.82, 2.24) is 10.9 Å². The number of benzene rings is 2. The van der Waals surface area contributed by atoms with Gasteiger partial charge in [-0.25, -0.2) is 0 Å². The average molecular weight is 394 g/mol. The number of carbonyl (C=O) groups is 2. The molecule has 0 saturated heterocycles. The lowest BCUT2D eigenvalue weighted by atomic mass is 10.1. The van der Waals surface area contributed by atoms with Crippen molar-refractivity contribution >= 4 is 11.8 Å². The van der Waals surface area contributed by atoms with Crippen molar-refractivity contribution in [3.63, 3.8) is 0 Å². The molecule has 150 valence electrons. The zero-order valence-electron chi connectivity index (χ0n) is 16.0. The van der Waals surface area contributed by atoms with Crippen LogP contribution >= 0.6 is 0 Å². The van der Waals surface area contributed by atoms with E-state index >= 15 is 0 Å². The zero-order chi connectivity index (χ0) is 20.5. The number of rotatable bonds is 8. The average Bonchev–Trinajstić information content (AvgIpc) is 3.24. The standard InChI is InChI=1S/C22H22N2O5/c1-2-16-8-6-7-11-19(16)29-15-20(25)23-24-22(26)21-17(12-13-27-21)14-28-18-9-4-3-5-10-18/h3-13H,2,14-15H2,1H3,(H,23,25)(H,24,26). The summed E-state index contributed by atoms with van der Waals surface area (Å²) in [6.07, 6.45) is 2.19. The molecule has 3 rings (SSSR count). The first kappa shape index (κ1) is 20.0. The van der Waals surface area contributed by atoms with Gasteiger partial charge >= 0.3 is 5.91 Å². The van der Waals surface area contributed by atoms with E-state index in [1.165, 1.54) is 6.26 Å². The molecule has 0 aliphatic carbocycles. The molecule has 29 heavy (non-hydrogen) atoms. The highest BCUT2D eigenvalue weighted by Crippen LogP contribution is 2.18. The van der Waals surface area contributed by atoms with E-state index in [0.717, 1.165) is 12.0 Å². The quantitative estimate of drug-likeness (QED) is 0.573. The fourth-order valence-electron chi connectivity index (χ4n) is 2.63. The van der Waals surface area contributed by atoms with Gasteiger partial charge in [-0.3, -0.25) is 20.4 Å². The second kappa shape index (κ2) is 9.98. The molecule has 0 aliphatic heterocycles. The fourth-order valence-corrected chi connectivity index (χ4v) is 2.63. The highest BCUT2D eigenvalue weighted by molar-refractivity contribution is 5.94. The SMILES string of the molecule is CCc1ccccc1OCC(=O)NNC(=O)c1occc1COc1ccccc1. The number of ether oxygens (including phenoxy) is 2. The van der Waals surface area contributed by atoms with E-state index in [9.17, 15) is 9.59 Å². The molecule has 2 aromatic carbocycles. The van der Waals surface area contributed by atoms with Crippen LogP contribution in [-0.2, 0) is 17.8 Å². The maximum Gasteiger partial charge on any atom is 0.305 e. The molecule has 0 spiro atoms. The van der Waals surface area contributed by atoms with Crippen LogP contribution in [0.2, 0.25) is 0 Å². The van der Waals surface area contributed by atoms with Crippen molar-refractivity contribution in [3.05, 3.63) is 83.8 Å². The monoisotopic (exact) mass is 394 g/mol. The number of aryl methyl sites for hydroxylation is 1. The van der Waals surface area contributed by atoms with E-state index in [1.807, 2.05) is 55.5 Å². The van der Waals surface area contributed by atoms with Crippen molar-refractivity contribution < 1.29 is 23.5 Å². The van der Waals surface area contributed by atoms with Crippen molar-refractivity contribution in [2.45, 2.75) is 20.0 Å². The first-order chi connectivity index (χ1) is 14.2. The molecule has 7 nitrogen and oxygen atoms in total. The Balaban J connectivity index is 1.48. The van der Waals surface area contributed by atoms with Crippen molar-refractivity contribution in [2.75, 3.05) is 6.61 Å². The summed E-state index contributed by atoms with van der Waals surface area (Å²) in [5.74, 6) is 0.320. The number of furan rings is 1. The molecule has 2 amide bonds. The Morgan fingerprint density at radius 3 is 2.45 bits per heavy atom. The molecule has 0 radical (unpaired) electrons. The minimum Gasteiger partial charge on any atom is -0.489 e. The van der Waals surface area contributed by atoms with Gasteiger partial charge in [-0.15, -0.1) is 0 Å². The molecule has 7 heteroatoms. The third-order valence-electron chi connectivity index (χ3n) is 4.12. The highest BCUT2D eigenvalue weighted by Gasteiger charge is 2.17. The summed E-state index contributed by atoms with van der Waals surface area (Å²) < 4.78 is 16.4. The van der Waals surface area contributed by atoms with E-state index in [2.05, 4.69) is 10.9 Å². The molecule has 3 aromatic rings. The van der Waals surface area contributed by atoms with Crippen molar-refractivity contribution in [1.29, 1.82) is 0 Å². The summed E-state index contributed by atoms with van der Waals surface area (Å²) in [5, 5.41) is 0. The number of nitrogens with one attached hydrogen (secondary N) is 2. The molecule has 0 fully saturated rings. The number of carbonyl (C=O) groups excluding carboxylic acids is 2. The molecule has 1 aromatic heterocycles. The molecule has 0 atom stereocenters. The largest absolute Gasteiger partial charge is 0.489 e. The highest BCUT2D eigenvalue weighted by atomic mass is 16.5. The number of amides is 2. The van der Waals surface area contributed by atoms with Crippen LogP contribution < -0.4 is 20.3 Å². The van der Waals surface area contributed by atoms with E-state index in [4.69, 9.17) is 13.9 Å². The van der Waals surface area contributed by atoms with Crippen LogP contribution in [0.4, 0.5) is 0 Å². The van der Waals surface area contributed by atoms with Gasteiger partial charge < -0.3 is 13.9 Å². The van der Waals surface area contributed by atoms with Gasteiger partial charge in [0.25, 0.3) is 5.91 Å². The maximum atomic E-state index is 12.3. The van der Waals surface area contributed by atoms with Gasteiger partial charge in [-0.2, -0.15) is 0 Å². The molecule has 1 heterocycles. The Bertz CT molecular complexity index is 953. The fraction of sp³-hybridized carbons (Fsp3) is 0.182. The van der Waals surface area contributed by atoms with Gasteiger partial charge in [0.1, 0.15) is 18.1 Å². The summed E-state index contributed by atoms with van der Waals surface area (Å²) >= 11 is 0. The predicted octanol–water partition coefficient (Wildman–Crippen LogP) is 3.26. The van der Waals surface area contributed by atoms with Gasteiger partial charge in [-0.05, 0) is 36.2 Å². The Morgan fingerprint density at radius 2 is 1.66 bits per heavy atom. The molecule has 0 saturated carbocycles. The summed E-state index contributed by atoms with van der Waals surface area (Å²) in [4.78, 5) is 24.3. The van der Waals surface area contributed by atoms with Crippen molar-refractivity contribution in [2.24, 2.45) is 0 Å². The van der Waals surface area contributed by atoms with Gasteiger partial charge in [0.2, 0.25) is 0 Å². The van der Waals surface area contributed by atoms with Crippen LogP contribution in [0.15, 0.2) is 71.3 Å². The number of hydrogen-bond acceptors (Lipinski definition) is 5. The Kier molecular flexibility index (Phi) is 6.89. The number of hydrogen-bond donors (Lipinski definition) is 2. The Labute approximate surface area is 168 Å². The third-order valence-corrected chi connectivity index (χ3v) is 4.12. The normalized spacial score (nSPS) is 10.2. The first-order valence-corrected chi connectivity index (χ1v) is 9.21. The lowest BCUT2D eigenvalue weighted by Crippen LogP contribution is -2.44. The summed E-state index contributed by atoms with van der Waals surface area (Å²) in [6.45, 7) is 1.94. The predicted molar refractivity (Wildman–Crippen MR) is 106 cm³/mol. The van der Waals surface area contributed by atoms with Crippen LogP contribution in [0.3, 0.4) is 0 Å². The van der Waals surface area contributed by atoms with Crippen LogP contribution in [0.25, 0.3) is 0 Å². The van der Waals surface area contributed by atoms with E-state index in [0.29, 0.717) is 17.1 Å². The van der Waals surface area contributed by atoms with E-state index < -0.39 is 11.8 Å². The lowest BCUT2D eigenvalue weighted by Gasteiger charge is -2.11. The molecule has 2 N–H and O–H groups in total. The molecule has 0 aliphatic rings. The van der Waals surface area contributed by atoms with Gasteiger partial charge in [-0.1, -0.05) is 43.3 Å². The Morgan fingerprint density at radius 1 is 0.897 bits per heavy atom. The number of para-hydroxylation sites is 2. The molecular formula is C22H22N2O5. The van der Waals surface area contributed by atoms with Gasteiger partial charge in [0.15, 0.2) is 12.4 Å². The smallest absolute Gasteiger partial charge is 0.305 e. The van der Waals surface area contributed by atoms with Crippen LogP contribution in [0, 0.1) is 0 Å². The zero-order valence-corrected chi connectivity index (χ0v) is 16.0. The Hall–Kier alpha value is -3.74. The van der Waals surface area contributed by atoms with Crippen LogP contribution in [0.5, 0.6) is 11.5 Å². The van der Waals surface area contributed by atoms with Gasteiger partial charge in [0, 0.05) is 5.56 Å². The number of hydrazine groups is 1. The topological polar surface area (TPSA) is 89.8 Å². The molecular weight excluding hydrogens is 372 g/mol. The summed E-state index contributed by atoms with van der Waals surface area (Å²) in [6, 6.07) is 18.4.